The van der Waals surface area contributed by atoms with Crippen LogP contribution < -0.4 is 10.6 Å². The summed E-state index contributed by atoms with van der Waals surface area (Å²) in [5, 5.41) is 7.56. The molecule has 1 fully saturated rings. The van der Waals surface area contributed by atoms with Crippen LogP contribution in [0.1, 0.15) is 19.4 Å². The number of hydrogen-bond acceptors (Lipinski definition) is 3. The van der Waals surface area contributed by atoms with Crippen LogP contribution >= 0.6 is 35.6 Å². The first kappa shape index (κ1) is 22.5. The standard InChI is InChI=1S/C18H29ClN4O.HI/c1-14(2)17(23-7-9-24-10-8-23)13-22-18(20-3)21-12-15-5-4-6-16(19)11-15;/h4-6,11,14,17H,7-10,12-13H2,1-3H3,(H2,20,21,22);1H. The molecule has 0 spiro atoms. The highest BCUT2D eigenvalue weighted by atomic mass is 127. The number of hydrogen-bond donors (Lipinski definition) is 2. The van der Waals surface area contributed by atoms with Crippen LogP contribution in [0.15, 0.2) is 29.3 Å². The van der Waals surface area contributed by atoms with E-state index in [0.29, 0.717) is 18.5 Å². The van der Waals surface area contributed by atoms with Gasteiger partial charge in [-0.3, -0.25) is 9.89 Å². The lowest BCUT2D eigenvalue weighted by Crippen LogP contribution is -2.52. The number of halogens is 2. The predicted octanol–water partition coefficient (Wildman–Crippen LogP) is 2.98. The fourth-order valence-electron chi connectivity index (χ4n) is 2.95. The van der Waals surface area contributed by atoms with Gasteiger partial charge in [0.2, 0.25) is 0 Å². The monoisotopic (exact) mass is 480 g/mol. The second-order valence-corrected chi connectivity index (χ2v) is 6.83. The average Bonchev–Trinajstić information content (AvgIpc) is 2.58. The second kappa shape index (κ2) is 11.9. The molecule has 1 aliphatic rings. The van der Waals surface area contributed by atoms with E-state index >= 15 is 0 Å². The summed E-state index contributed by atoms with van der Waals surface area (Å²) in [5.74, 6) is 1.38. The van der Waals surface area contributed by atoms with E-state index in [1.165, 1.54) is 0 Å². The molecule has 2 N–H and O–H groups in total. The quantitative estimate of drug-likeness (QED) is 0.373. The SMILES string of the molecule is CN=C(NCc1cccc(Cl)c1)NCC(C(C)C)N1CCOCC1.I. The summed E-state index contributed by atoms with van der Waals surface area (Å²) >= 11 is 6.03. The molecule has 1 aliphatic heterocycles. The van der Waals surface area contributed by atoms with Gasteiger partial charge in [0.25, 0.3) is 0 Å². The van der Waals surface area contributed by atoms with Gasteiger partial charge in [-0.15, -0.1) is 24.0 Å². The summed E-state index contributed by atoms with van der Waals surface area (Å²) in [6.45, 7) is 9.75. The number of nitrogens with zero attached hydrogens (tertiary/aromatic N) is 2. The van der Waals surface area contributed by atoms with Gasteiger partial charge >= 0.3 is 0 Å². The third kappa shape index (κ3) is 7.68. The van der Waals surface area contributed by atoms with Gasteiger partial charge in [-0.1, -0.05) is 37.6 Å². The summed E-state index contributed by atoms with van der Waals surface area (Å²) in [7, 11) is 1.80. The van der Waals surface area contributed by atoms with E-state index in [0.717, 1.165) is 49.4 Å². The van der Waals surface area contributed by atoms with E-state index in [1.54, 1.807) is 7.05 Å². The van der Waals surface area contributed by atoms with Crippen molar-refractivity contribution in [3.63, 3.8) is 0 Å². The van der Waals surface area contributed by atoms with Crippen molar-refractivity contribution in [1.29, 1.82) is 0 Å². The van der Waals surface area contributed by atoms with Gasteiger partial charge in [-0.25, -0.2) is 0 Å². The predicted molar refractivity (Wildman–Crippen MR) is 116 cm³/mol. The number of guanidine groups is 1. The van der Waals surface area contributed by atoms with Crippen LogP contribution in [0.3, 0.4) is 0 Å². The molecule has 0 saturated carbocycles. The Bertz CT molecular complexity index is 536. The van der Waals surface area contributed by atoms with Gasteiger partial charge in [-0.05, 0) is 23.6 Å². The van der Waals surface area contributed by atoms with Crippen LogP contribution in [0.25, 0.3) is 0 Å². The van der Waals surface area contributed by atoms with Crippen LogP contribution in [0.2, 0.25) is 5.02 Å². The molecule has 7 heteroatoms. The van der Waals surface area contributed by atoms with E-state index < -0.39 is 0 Å². The first-order chi connectivity index (χ1) is 11.6. The van der Waals surface area contributed by atoms with E-state index in [-0.39, 0.29) is 24.0 Å². The van der Waals surface area contributed by atoms with E-state index in [4.69, 9.17) is 16.3 Å². The Morgan fingerprint density at radius 3 is 2.60 bits per heavy atom. The zero-order valence-electron chi connectivity index (χ0n) is 15.3. The molecule has 1 heterocycles. The number of rotatable bonds is 6. The summed E-state index contributed by atoms with van der Waals surface area (Å²) in [4.78, 5) is 6.83. The second-order valence-electron chi connectivity index (χ2n) is 6.40. The molecule has 142 valence electrons. The first-order valence-electron chi connectivity index (χ1n) is 8.61. The van der Waals surface area contributed by atoms with Crippen LogP contribution in [-0.4, -0.2) is 56.8 Å². The zero-order chi connectivity index (χ0) is 17.4. The fraction of sp³-hybridized carbons (Fsp3) is 0.611. The van der Waals surface area contributed by atoms with Crippen LogP contribution in [0.4, 0.5) is 0 Å². The molecule has 0 amide bonds. The number of ether oxygens (including phenoxy) is 1. The molecule has 25 heavy (non-hydrogen) atoms. The summed E-state index contributed by atoms with van der Waals surface area (Å²) < 4.78 is 5.46. The molecular weight excluding hydrogens is 451 g/mol. The highest BCUT2D eigenvalue weighted by molar-refractivity contribution is 14.0. The third-order valence-corrected chi connectivity index (χ3v) is 4.57. The van der Waals surface area contributed by atoms with Crippen LogP contribution in [-0.2, 0) is 11.3 Å². The molecule has 5 nitrogen and oxygen atoms in total. The Balaban J connectivity index is 0.00000312. The molecule has 0 aliphatic carbocycles. The summed E-state index contributed by atoms with van der Waals surface area (Å²) in [6.07, 6.45) is 0. The van der Waals surface area contributed by atoms with Gasteiger partial charge in [0.15, 0.2) is 5.96 Å². The highest BCUT2D eigenvalue weighted by Gasteiger charge is 2.23. The molecule has 0 bridgehead atoms. The minimum atomic E-state index is 0. The van der Waals surface area contributed by atoms with Gasteiger partial charge in [0.1, 0.15) is 0 Å². The molecule has 1 atom stereocenters. The van der Waals surface area contributed by atoms with Crippen molar-refractivity contribution in [2.45, 2.75) is 26.4 Å². The van der Waals surface area contributed by atoms with Crippen molar-refractivity contribution in [2.75, 3.05) is 39.9 Å². The minimum Gasteiger partial charge on any atom is -0.379 e. The van der Waals surface area contributed by atoms with Gasteiger partial charge in [-0.2, -0.15) is 0 Å². The van der Waals surface area contributed by atoms with Crippen molar-refractivity contribution < 1.29 is 4.74 Å². The Labute approximate surface area is 173 Å². The maximum Gasteiger partial charge on any atom is 0.191 e. The lowest BCUT2D eigenvalue weighted by atomic mass is 10.0. The zero-order valence-corrected chi connectivity index (χ0v) is 18.4. The summed E-state index contributed by atoms with van der Waals surface area (Å²) in [5.41, 5.74) is 1.14. The Hall–Kier alpha value is -0.570. The first-order valence-corrected chi connectivity index (χ1v) is 8.98. The molecule has 1 aromatic carbocycles. The minimum absolute atomic E-state index is 0. The van der Waals surface area contributed by atoms with Crippen LogP contribution in [0.5, 0.6) is 0 Å². The molecule has 2 rings (SSSR count). The average molecular weight is 481 g/mol. The maximum atomic E-state index is 6.03. The van der Waals surface area contributed by atoms with Crippen molar-refractivity contribution in [3.05, 3.63) is 34.9 Å². The van der Waals surface area contributed by atoms with Crippen molar-refractivity contribution >= 4 is 41.5 Å². The van der Waals surface area contributed by atoms with E-state index in [2.05, 4.69) is 40.4 Å². The molecule has 0 aromatic heterocycles. The number of benzene rings is 1. The van der Waals surface area contributed by atoms with Gasteiger partial charge in [0, 0.05) is 44.3 Å². The Morgan fingerprint density at radius 2 is 2.00 bits per heavy atom. The molecular formula is C18H30ClIN4O. The number of morpholine rings is 1. The lowest BCUT2D eigenvalue weighted by molar-refractivity contribution is 0.00752. The van der Waals surface area contributed by atoms with Crippen LogP contribution in [0, 0.1) is 5.92 Å². The van der Waals surface area contributed by atoms with Crippen molar-refractivity contribution in [1.82, 2.24) is 15.5 Å². The fourth-order valence-corrected chi connectivity index (χ4v) is 3.16. The summed E-state index contributed by atoms with van der Waals surface area (Å²) in [6, 6.07) is 8.33. The maximum absolute atomic E-state index is 6.03. The van der Waals surface area contributed by atoms with Crippen molar-refractivity contribution in [3.8, 4) is 0 Å². The normalized spacial score (nSPS) is 17.1. The number of aliphatic imine (C=N–C) groups is 1. The number of nitrogens with one attached hydrogen (secondary N) is 2. The largest absolute Gasteiger partial charge is 0.379 e. The topological polar surface area (TPSA) is 48.9 Å². The van der Waals surface area contributed by atoms with E-state index in [1.807, 2.05) is 18.2 Å². The molecule has 1 saturated heterocycles. The van der Waals surface area contributed by atoms with Crippen molar-refractivity contribution in [2.24, 2.45) is 10.9 Å². The smallest absolute Gasteiger partial charge is 0.191 e. The van der Waals surface area contributed by atoms with Gasteiger partial charge < -0.3 is 15.4 Å². The Morgan fingerprint density at radius 1 is 1.28 bits per heavy atom. The lowest BCUT2D eigenvalue weighted by Gasteiger charge is -2.37. The highest BCUT2D eigenvalue weighted by Crippen LogP contribution is 2.12. The van der Waals surface area contributed by atoms with Gasteiger partial charge in [0.05, 0.1) is 13.2 Å². The Kier molecular flexibility index (Phi) is 10.7. The third-order valence-electron chi connectivity index (χ3n) is 4.34. The molecule has 0 radical (unpaired) electrons. The van der Waals surface area contributed by atoms with E-state index in [9.17, 15) is 0 Å². The molecule has 1 aromatic rings. The molecule has 1 unspecified atom stereocenters.